The maximum absolute atomic E-state index is 5.30. The Morgan fingerprint density at radius 1 is 0.684 bits per heavy atom. The smallest absolute Gasteiger partial charge is 0.0888 e. The van der Waals surface area contributed by atoms with Crippen molar-refractivity contribution in [3.8, 4) is 22.4 Å². The average Bonchev–Trinajstić information content (AvgIpc) is 3.35. The van der Waals surface area contributed by atoms with Crippen LogP contribution in [-0.2, 0) is 6.42 Å². The van der Waals surface area contributed by atoms with E-state index < -0.39 is 0 Å². The van der Waals surface area contributed by atoms with Gasteiger partial charge in [0.1, 0.15) is 0 Å². The van der Waals surface area contributed by atoms with Crippen molar-refractivity contribution in [3.05, 3.63) is 151 Å². The number of thiophene rings is 1. The second kappa shape index (κ2) is 9.41. The molecule has 6 aromatic rings. The average molecular weight is 504 g/mol. The molecule has 2 aromatic heterocycles. The van der Waals surface area contributed by atoms with Crippen LogP contribution in [0, 0.1) is 0 Å². The summed E-state index contributed by atoms with van der Waals surface area (Å²) in [6.45, 7) is 4.52. The number of hydrogen-bond acceptors (Lipinski definition) is 2. The highest BCUT2D eigenvalue weighted by Gasteiger charge is 2.17. The van der Waals surface area contributed by atoms with Gasteiger partial charge in [-0.3, -0.25) is 0 Å². The summed E-state index contributed by atoms with van der Waals surface area (Å²) >= 11 is 1.82. The standard InChI is InChI=1S/C36H25NS/c1-24-22-27(16-11-15-25-12-5-6-18-29(25)30-19-8-7-17-28(24)30)33-23-32-31-20-9-10-21-34(31)38-36(32)35(37-33)26-13-3-2-4-14-26/h2-14,16-23H,1,15H2/b16-11-,27-22+. The fourth-order valence-electron chi connectivity index (χ4n) is 5.41. The molecule has 7 rings (SSSR count). The SMILES string of the molecule is C=C1/C=C(c2cc3c(sc4ccccc43)c(-c3ccccc3)n2)\C=C/Cc2ccccc2-c2ccccc21. The first kappa shape index (κ1) is 22.7. The van der Waals surface area contributed by atoms with Gasteiger partial charge in [-0.2, -0.15) is 0 Å². The van der Waals surface area contributed by atoms with Gasteiger partial charge in [0.05, 0.1) is 16.1 Å². The van der Waals surface area contributed by atoms with E-state index in [0.29, 0.717) is 0 Å². The molecule has 38 heavy (non-hydrogen) atoms. The molecule has 0 amide bonds. The summed E-state index contributed by atoms with van der Waals surface area (Å²) in [6.07, 6.45) is 7.52. The zero-order valence-corrected chi connectivity index (χ0v) is 21.7. The van der Waals surface area contributed by atoms with Gasteiger partial charge in [0.15, 0.2) is 0 Å². The molecule has 2 heterocycles. The highest BCUT2D eigenvalue weighted by Crippen LogP contribution is 2.41. The molecule has 1 nitrogen and oxygen atoms in total. The second-order valence-electron chi connectivity index (χ2n) is 9.63. The predicted octanol–water partition coefficient (Wildman–Crippen LogP) is 9.99. The number of aromatic nitrogens is 1. The van der Waals surface area contributed by atoms with Gasteiger partial charge in [-0.05, 0) is 52.5 Å². The van der Waals surface area contributed by atoms with Crippen molar-refractivity contribution >= 4 is 42.7 Å². The number of fused-ring (bicyclic) bond motifs is 6. The van der Waals surface area contributed by atoms with E-state index in [1.54, 1.807) is 0 Å². The molecular formula is C36H25NS. The van der Waals surface area contributed by atoms with Crippen molar-refractivity contribution in [3.63, 3.8) is 0 Å². The number of benzene rings is 4. The van der Waals surface area contributed by atoms with E-state index in [-0.39, 0.29) is 0 Å². The molecule has 2 heteroatoms. The van der Waals surface area contributed by atoms with Gasteiger partial charge in [0, 0.05) is 26.6 Å². The molecule has 4 aromatic carbocycles. The van der Waals surface area contributed by atoms with E-state index in [2.05, 4.69) is 134 Å². The lowest BCUT2D eigenvalue weighted by molar-refractivity contribution is 1.26. The molecule has 0 saturated heterocycles. The zero-order valence-electron chi connectivity index (χ0n) is 20.9. The Morgan fingerprint density at radius 3 is 2.26 bits per heavy atom. The van der Waals surface area contributed by atoms with Crippen LogP contribution in [0.15, 0.2) is 134 Å². The van der Waals surface area contributed by atoms with Gasteiger partial charge in [0.2, 0.25) is 0 Å². The Morgan fingerprint density at radius 2 is 1.39 bits per heavy atom. The predicted molar refractivity (Wildman–Crippen MR) is 164 cm³/mol. The fraction of sp³-hybridized carbons (Fsp3) is 0.0278. The van der Waals surface area contributed by atoms with Crippen molar-refractivity contribution in [1.82, 2.24) is 4.98 Å². The first-order chi connectivity index (χ1) is 18.8. The highest BCUT2D eigenvalue weighted by atomic mass is 32.1. The summed E-state index contributed by atoms with van der Waals surface area (Å²) in [5.41, 5.74) is 10.1. The molecule has 0 spiro atoms. The first-order valence-corrected chi connectivity index (χ1v) is 13.7. The van der Waals surface area contributed by atoms with E-state index in [1.807, 2.05) is 11.3 Å². The van der Waals surface area contributed by atoms with Crippen molar-refractivity contribution in [2.24, 2.45) is 0 Å². The molecule has 0 N–H and O–H groups in total. The van der Waals surface area contributed by atoms with Gasteiger partial charge in [-0.1, -0.05) is 116 Å². The third-order valence-corrected chi connectivity index (χ3v) is 8.44. The minimum atomic E-state index is 0.851. The first-order valence-electron chi connectivity index (χ1n) is 12.9. The number of hydrogen-bond donors (Lipinski definition) is 0. The van der Waals surface area contributed by atoms with Crippen LogP contribution in [-0.4, -0.2) is 4.98 Å². The Labute approximate surface area is 226 Å². The Kier molecular flexibility index (Phi) is 5.61. The minimum Gasteiger partial charge on any atom is -0.246 e. The number of pyridine rings is 1. The summed E-state index contributed by atoms with van der Waals surface area (Å²) in [4.78, 5) is 5.30. The van der Waals surface area contributed by atoms with Gasteiger partial charge in [-0.15, -0.1) is 11.3 Å². The quantitative estimate of drug-likeness (QED) is 0.229. The van der Waals surface area contributed by atoms with Crippen LogP contribution in [0.25, 0.3) is 53.7 Å². The number of nitrogens with zero attached hydrogens (tertiary/aromatic N) is 1. The highest BCUT2D eigenvalue weighted by molar-refractivity contribution is 7.26. The normalized spacial score (nSPS) is 15.5. The van der Waals surface area contributed by atoms with Gasteiger partial charge in [-0.25, -0.2) is 4.98 Å². The van der Waals surface area contributed by atoms with E-state index in [4.69, 9.17) is 4.98 Å². The zero-order chi connectivity index (χ0) is 25.5. The van der Waals surface area contributed by atoms with Gasteiger partial charge >= 0.3 is 0 Å². The molecular weight excluding hydrogens is 478 g/mol. The second-order valence-corrected chi connectivity index (χ2v) is 10.7. The summed E-state index contributed by atoms with van der Waals surface area (Å²) < 4.78 is 2.51. The third-order valence-electron chi connectivity index (χ3n) is 7.25. The van der Waals surface area contributed by atoms with E-state index >= 15 is 0 Å². The monoisotopic (exact) mass is 503 g/mol. The van der Waals surface area contributed by atoms with E-state index in [0.717, 1.165) is 40.1 Å². The van der Waals surface area contributed by atoms with Crippen molar-refractivity contribution in [1.29, 1.82) is 0 Å². The van der Waals surface area contributed by atoms with Crippen LogP contribution in [0.3, 0.4) is 0 Å². The lowest BCUT2D eigenvalue weighted by Crippen LogP contribution is -1.96. The minimum absolute atomic E-state index is 0.851. The van der Waals surface area contributed by atoms with Crippen molar-refractivity contribution in [2.75, 3.05) is 0 Å². The van der Waals surface area contributed by atoms with Crippen LogP contribution in [0.5, 0.6) is 0 Å². The Balaban J connectivity index is 1.47. The lowest BCUT2D eigenvalue weighted by Gasteiger charge is -2.16. The molecule has 1 aliphatic carbocycles. The third kappa shape index (κ3) is 3.91. The summed E-state index contributed by atoms with van der Waals surface area (Å²) in [6, 6.07) is 38.7. The molecule has 0 aliphatic heterocycles. The van der Waals surface area contributed by atoms with Gasteiger partial charge < -0.3 is 0 Å². The number of allylic oxidation sites excluding steroid dienone is 5. The summed E-state index contributed by atoms with van der Waals surface area (Å²) in [5, 5.41) is 2.52. The summed E-state index contributed by atoms with van der Waals surface area (Å²) in [5.74, 6) is 0. The molecule has 0 bridgehead atoms. The topological polar surface area (TPSA) is 12.9 Å². The molecule has 180 valence electrons. The largest absolute Gasteiger partial charge is 0.246 e. The Hall–Kier alpha value is -4.53. The van der Waals surface area contributed by atoms with E-state index in [1.165, 1.54) is 36.9 Å². The molecule has 0 fully saturated rings. The fourth-order valence-corrected chi connectivity index (χ4v) is 6.60. The molecule has 1 aliphatic rings. The number of rotatable bonds is 2. The van der Waals surface area contributed by atoms with Crippen LogP contribution in [0.2, 0.25) is 0 Å². The van der Waals surface area contributed by atoms with Crippen LogP contribution in [0.4, 0.5) is 0 Å². The summed E-state index contributed by atoms with van der Waals surface area (Å²) in [7, 11) is 0. The molecule has 0 saturated carbocycles. The van der Waals surface area contributed by atoms with Crippen LogP contribution >= 0.6 is 11.3 Å². The van der Waals surface area contributed by atoms with Crippen molar-refractivity contribution in [2.45, 2.75) is 6.42 Å². The van der Waals surface area contributed by atoms with E-state index in [9.17, 15) is 0 Å². The molecule has 0 radical (unpaired) electrons. The van der Waals surface area contributed by atoms with Crippen LogP contribution in [0.1, 0.15) is 16.8 Å². The van der Waals surface area contributed by atoms with Crippen LogP contribution < -0.4 is 0 Å². The maximum Gasteiger partial charge on any atom is 0.0888 e. The lowest BCUT2D eigenvalue weighted by atomic mass is 9.89. The van der Waals surface area contributed by atoms with Gasteiger partial charge in [0.25, 0.3) is 0 Å². The maximum atomic E-state index is 5.30. The molecule has 0 unspecified atom stereocenters. The van der Waals surface area contributed by atoms with Crippen molar-refractivity contribution < 1.29 is 0 Å². The Bertz CT molecular complexity index is 1900. The molecule has 0 atom stereocenters.